The van der Waals surface area contributed by atoms with Crippen LogP contribution in [0.1, 0.15) is 25.3 Å². The average molecular weight is 246 g/mol. The number of ether oxygens (including phenoxy) is 1. The van der Waals surface area contributed by atoms with Crippen LogP contribution in [0.2, 0.25) is 0 Å². The van der Waals surface area contributed by atoms with Crippen LogP contribution >= 0.6 is 0 Å². The zero-order chi connectivity index (χ0) is 13.0. The van der Waals surface area contributed by atoms with E-state index in [0.29, 0.717) is 6.54 Å². The van der Waals surface area contributed by atoms with Gasteiger partial charge in [-0.05, 0) is 36.6 Å². The molecule has 0 aliphatic carbocycles. The molecule has 0 unspecified atom stereocenters. The summed E-state index contributed by atoms with van der Waals surface area (Å²) in [6, 6.07) is 6.27. The van der Waals surface area contributed by atoms with E-state index in [1.807, 2.05) is 6.07 Å². The summed E-state index contributed by atoms with van der Waals surface area (Å²) in [6.45, 7) is 3.76. The second kappa shape index (κ2) is 5.91. The molecule has 0 aliphatic heterocycles. The summed E-state index contributed by atoms with van der Waals surface area (Å²) < 4.78 is 7.57. The number of nitrogens with zero attached hydrogens (tertiary/aromatic N) is 1. The first-order valence-corrected chi connectivity index (χ1v) is 6.66. The Morgan fingerprint density at radius 3 is 2.83 bits per heavy atom. The highest BCUT2D eigenvalue weighted by Crippen LogP contribution is 2.27. The first-order valence-electron chi connectivity index (χ1n) is 6.66. The van der Waals surface area contributed by atoms with E-state index in [0.717, 1.165) is 18.7 Å². The third-order valence-electron chi connectivity index (χ3n) is 3.34. The van der Waals surface area contributed by atoms with Crippen molar-refractivity contribution >= 4 is 10.9 Å². The SMILES string of the molecule is CCCCc1cn(CCN)c2ccc(OC)cc12. The van der Waals surface area contributed by atoms with Crippen molar-refractivity contribution in [2.75, 3.05) is 13.7 Å². The lowest BCUT2D eigenvalue weighted by molar-refractivity contribution is 0.415. The van der Waals surface area contributed by atoms with Crippen molar-refractivity contribution in [3.05, 3.63) is 30.0 Å². The summed E-state index contributed by atoms with van der Waals surface area (Å²) >= 11 is 0. The Hall–Kier alpha value is -1.48. The van der Waals surface area contributed by atoms with Gasteiger partial charge in [-0.1, -0.05) is 13.3 Å². The fourth-order valence-electron chi connectivity index (χ4n) is 2.37. The van der Waals surface area contributed by atoms with E-state index in [-0.39, 0.29) is 0 Å². The lowest BCUT2D eigenvalue weighted by Crippen LogP contribution is -2.08. The van der Waals surface area contributed by atoms with Gasteiger partial charge in [-0.25, -0.2) is 0 Å². The molecule has 0 spiro atoms. The number of benzene rings is 1. The van der Waals surface area contributed by atoms with Crippen molar-refractivity contribution in [3.8, 4) is 5.75 Å². The highest BCUT2D eigenvalue weighted by molar-refractivity contribution is 5.85. The van der Waals surface area contributed by atoms with Gasteiger partial charge in [0.25, 0.3) is 0 Å². The summed E-state index contributed by atoms with van der Waals surface area (Å²) in [7, 11) is 1.71. The van der Waals surface area contributed by atoms with Gasteiger partial charge in [-0.2, -0.15) is 0 Å². The minimum absolute atomic E-state index is 0.670. The summed E-state index contributed by atoms with van der Waals surface area (Å²) in [5.41, 5.74) is 8.33. The Morgan fingerprint density at radius 1 is 1.33 bits per heavy atom. The summed E-state index contributed by atoms with van der Waals surface area (Å²) in [5, 5.41) is 1.30. The fourth-order valence-corrected chi connectivity index (χ4v) is 2.37. The van der Waals surface area contributed by atoms with Crippen LogP contribution in [0.3, 0.4) is 0 Å². The fraction of sp³-hybridized carbons (Fsp3) is 0.467. The monoisotopic (exact) mass is 246 g/mol. The van der Waals surface area contributed by atoms with Crippen LogP contribution in [0.4, 0.5) is 0 Å². The number of hydrogen-bond acceptors (Lipinski definition) is 2. The molecule has 0 fully saturated rings. The Morgan fingerprint density at radius 2 is 2.17 bits per heavy atom. The Balaban J connectivity index is 2.46. The lowest BCUT2D eigenvalue weighted by Gasteiger charge is -2.04. The predicted octanol–water partition coefficient (Wildman–Crippen LogP) is 2.95. The number of rotatable bonds is 6. The molecule has 0 radical (unpaired) electrons. The van der Waals surface area contributed by atoms with Crippen LogP contribution in [-0.4, -0.2) is 18.2 Å². The van der Waals surface area contributed by atoms with E-state index < -0.39 is 0 Å². The Kier molecular flexibility index (Phi) is 4.26. The Labute approximate surface area is 109 Å². The minimum Gasteiger partial charge on any atom is -0.497 e. The van der Waals surface area contributed by atoms with Crippen LogP contribution in [0, 0.1) is 0 Å². The van der Waals surface area contributed by atoms with E-state index in [1.54, 1.807) is 7.11 Å². The zero-order valence-electron chi connectivity index (χ0n) is 11.3. The van der Waals surface area contributed by atoms with Crippen molar-refractivity contribution in [1.82, 2.24) is 4.57 Å². The van der Waals surface area contributed by atoms with Gasteiger partial charge in [0.2, 0.25) is 0 Å². The van der Waals surface area contributed by atoms with E-state index in [1.165, 1.54) is 29.3 Å². The topological polar surface area (TPSA) is 40.2 Å². The van der Waals surface area contributed by atoms with Crippen LogP contribution in [-0.2, 0) is 13.0 Å². The second-order valence-corrected chi connectivity index (χ2v) is 4.62. The molecule has 3 nitrogen and oxygen atoms in total. The largest absolute Gasteiger partial charge is 0.497 e. The van der Waals surface area contributed by atoms with Gasteiger partial charge in [0, 0.05) is 30.2 Å². The maximum atomic E-state index is 5.67. The first kappa shape index (κ1) is 13.0. The molecule has 3 heteroatoms. The van der Waals surface area contributed by atoms with Crippen LogP contribution in [0.5, 0.6) is 5.75 Å². The van der Waals surface area contributed by atoms with Gasteiger partial charge in [0.15, 0.2) is 0 Å². The van der Waals surface area contributed by atoms with Crippen molar-refractivity contribution in [2.45, 2.75) is 32.7 Å². The standard InChI is InChI=1S/C15H22N2O/c1-3-4-5-12-11-17(9-8-16)15-7-6-13(18-2)10-14(12)15/h6-7,10-11H,3-5,8-9,16H2,1-2H3. The van der Waals surface area contributed by atoms with E-state index in [4.69, 9.17) is 10.5 Å². The third-order valence-corrected chi connectivity index (χ3v) is 3.34. The van der Waals surface area contributed by atoms with Crippen molar-refractivity contribution in [2.24, 2.45) is 5.73 Å². The average Bonchev–Trinajstić information content (AvgIpc) is 2.74. The van der Waals surface area contributed by atoms with Gasteiger partial charge >= 0.3 is 0 Å². The molecule has 98 valence electrons. The molecule has 2 N–H and O–H groups in total. The molecule has 0 saturated heterocycles. The molecule has 0 atom stereocenters. The molecule has 1 aromatic heterocycles. The van der Waals surface area contributed by atoms with Gasteiger partial charge in [-0.3, -0.25) is 0 Å². The highest BCUT2D eigenvalue weighted by Gasteiger charge is 2.08. The maximum absolute atomic E-state index is 5.67. The molecular formula is C15H22N2O. The number of nitrogens with two attached hydrogens (primary N) is 1. The van der Waals surface area contributed by atoms with Gasteiger partial charge < -0.3 is 15.0 Å². The summed E-state index contributed by atoms with van der Waals surface area (Å²) in [4.78, 5) is 0. The van der Waals surface area contributed by atoms with Gasteiger partial charge in [0.05, 0.1) is 7.11 Å². The number of aromatic nitrogens is 1. The first-order chi connectivity index (χ1) is 8.80. The lowest BCUT2D eigenvalue weighted by atomic mass is 10.1. The number of unbranched alkanes of at least 4 members (excludes halogenated alkanes) is 1. The maximum Gasteiger partial charge on any atom is 0.119 e. The number of hydrogen-bond donors (Lipinski definition) is 1. The number of fused-ring (bicyclic) bond motifs is 1. The molecule has 0 saturated carbocycles. The highest BCUT2D eigenvalue weighted by atomic mass is 16.5. The number of aryl methyl sites for hydroxylation is 1. The van der Waals surface area contributed by atoms with Crippen molar-refractivity contribution < 1.29 is 4.74 Å². The smallest absolute Gasteiger partial charge is 0.119 e. The van der Waals surface area contributed by atoms with Crippen LogP contribution in [0.25, 0.3) is 10.9 Å². The molecule has 0 amide bonds. The normalized spacial score (nSPS) is 11.1. The Bertz CT molecular complexity index is 516. The van der Waals surface area contributed by atoms with E-state index in [9.17, 15) is 0 Å². The van der Waals surface area contributed by atoms with E-state index >= 15 is 0 Å². The predicted molar refractivity (Wildman–Crippen MR) is 76.2 cm³/mol. The molecule has 18 heavy (non-hydrogen) atoms. The molecule has 2 aromatic rings. The van der Waals surface area contributed by atoms with Crippen molar-refractivity contribution in [1.29, 1.82) is 0 Å². The molecule has 2 rings (SSSR count). The second-order valence-electron chi connectivity index (χ2n) is 4.62. The summed E-state index contributed by atoms with van der Waals surface area (Å²) in [5.74, 6) is 0.922. The molecule has 1 heterocycles. The van der Waals surface area contributed by atoms with Gasteiger partial charge in [-0.15, -0.1) is 0 Å². The molecule has 0 aliphatic rings. The quantitative estimate of drug-likeness (QED) is 0.851. The molecule has 1 aromatic carbocycles. The molecular weight excluding hydrogens is 224 g/mol. The van der Waals surface area contributed by atoms with Crippen LogP contribution in [0.15, 0.2) is 24.4 Å². The number of methoxy groups -OCH3 is 1. The van der Waals surface area contributed by atoms with Crippen LogP contribution < -0.4 is 10.5 Å². The summed E-state index contributed by atoms with van der Waals surface area (Å²) in [6.07, 6.45) is 5.80. The van der Waals surface area contributed by atoms with Gasteiger partial charge in [0.1, 0.15) is 5.75 Å². The van der Waals surface area contributed by atoms with E-state index in [2.05, 4.69) is 29.8 Å². The minimum atomic E-state index is 0.670. The molecule has 0 bridgehead atoms. The third kappa shape index (κ3) is 2.51. The van der Waals surface area contributed by atoms with Crippen molar-refractivity contribution in [3.63, 3.8) is 0 Å². The zero-order valence-corrected chi connectivity index (χ0v) is 11.3.